The number of nitrogens with one attached hydrogen (secondary N) is 2. The van der Waals surface area contributed by atoms with E-state index in [4.69, 9.17) is 19.6 Å². The van der Waals surface area contributed by atoms with E-state index in [1.807, 2.05) is 55.5 Å². The van der Waals surface area contributed by atoms with Crippen LogP contribution in [0.1, 0.15) is 30.9 Å². The first kappa shape index (κ1) is 23.2. The Labute approximate surface area is 191 Å². The summed E-state index contributed by atoms with van der Waals surface area (Å²) in [5, 5.41) is 8.86. The molecule has 3 N–H and O–H groups in total. The molecule has 1 aliphatic heterocycles. The normalized spacial score (nSPS) is 17.7. The van der Waals surface area contributed by atoms with E-state index in [0.29, 0.717) is 37.6 Å². The Kier molecular flexibility index (Phi) is 8.45. The minimum atomic E-state index is -1.07. The van der Waals surface area contributed by atoms with Crippen LogP contribution in [0.25, 0.3) is 0 Å². The molecule has 0 spiro atoms. The van der Waals surface area contributed by atoms with Gasteiger partial charge in [-0.2, -0.15) is 0 Å². The van der Waals surface area contributed by atoms with Crippen LogP contribution in [0.5, 0.6) is 5.75 Å². The third-order valence-corrected chi connectivity index (χ3v) is 5.65. The Morgan fingerprint density at radius 2 is 2.03 bits per heavy atom. The van der Waals surface area contributed by atoms with E-state index in [1.165, 1.54) is 0 Å². The molecule has 1 aliphatic rings. The summed E-state index contributed by atoms with van der Waals surface area (Å²) in [6.07, 6.45) is 1.88. The predicted molar refractivity (Wildman–Crippen MR) is 123 cm³/mol. The first-order valence-corrected chi connectivity index (χ1v) is 11.2. The van der Waals surface area contributed by atoms with Crippen molar-refractivity contribution in [2.75, 3.05) is 26.4 Å². The molecule has 0 aliphatic carbocycles. The smallest absolute Gasteiger partial charge is 0.266 e. The zero-order valence-corrected chi connectivity index (χ0v) is 19.2. The molecule has 0 fully saturated rings. The summed E-state index contributed by atoms with van der Waals surface area (Å²) < 4.78 is 12.4. The van der Waals surface area contributed by atoms with Crippen molar-refractivity contribution >= 4 is 27.7 Å². The summed E-state index contributed by atoms with van der Waals surface area (Å²) in [5.74, 6) is 0.909. The molecule has 0 aromatic heterocycles. The molecule has 7 nitrogen and oxygen atoms in total. The fourth-order valence-electron chi connectivity index (χ4n) is 3.17. The molecule has 0 radical (unpaired) electrons. The summed E-state index contributed by atoms with van der Waals surface area (Å²) in [5.41, 5.74) is 6.42. The second-order valence-corrected chi connectivity index (χ2v) is 8.19. The van der Waals surface area contributed by atoms with Crippen molar-refractivity contribution in [3.8, 4) is 5.75 Å². The highest BCUT2D eigenvalue weighted by Crippen LogP contribution is 2.30. The van der Waals surface area contributed by atoms with Crippen molar-refractivity contribution in [2.24, 2.45) is 4.99 Å². The number of aliphatic imine (C=N–C) groups is 1. The number of ether oxygens (including phenoxy) is 2. The first-order chi connectivity index (χ1) is 15.1. The lowest BCUT2D eigenvalue weighted by molar-refractivity contribution is -0.127. The third-order valence-electron chi connectivity index (χ3n) is 4.88. The number of nitrogens with zero attached hydrogens (tertiary/aromatic N) is 1. The van der Waals surface area contributed by atoms with Crippen LogP contribution in [0.4, 0.5) is 0 Å². The molecule has 1 heterocycles. The average Bonchev–Trinajstić information content (AvgIpc) is 3.21. The van der Waals surface area contributed by atoms with Gasteiger partial charge in [0.15, 0.2) is 5.54 Å². The molecule has 1 atom stereocenters. The lowest BCUT2D eigenvalue weighted by atomic mass is 9.91. The number of rotatable bonds is 11. The summed E-state index contributed by atoms with van der Waals surface area (Å²) >= 11 is 3.57. The summed E-state index contributed by atoms with van der Waals surface area (Å²) in [6, 6.07) is 15.2. The number of amides is 1. The van der Waals surface area contributed by atoms with Gasteiger partial charge in [0.05, 0.1) is 6.61 Å². The van der Waals surface area contributed by atoms with Gasteiger partial charge < -0.3 is 14.6 Å². The van der Waals surface area contributed by atoms with Crippen LogP contribution in [-0.2, 0) is 16.0 Å². The van der Waals surface area contributed by atoms with E-state index < -0.39 is 5.54 Å². The van der Waals surface area contributed by atoms with Gasteiger partial charge in [0.2, 0.25) is 5.90 Å². The fraction of sp³-hybridized carbons (Fsp3) is 0.391. The largest absolute Gasteiger partial charge is 0.494 e. The van der Waals surface area contributed by atoms with Crippen molar-refractivity contribution in [3.63, 3.8) is 0 Å². The average molecular weight is 490 g/mol. The highest BCUT2D eigenvalue weighted by molar-refractivity contribution is 9.10. The van der Waals surface area contributed by atoms with Gasteiger partial charge >= 0.3 is 0 Å². The molecular formula is C23H28BrN3O4. The lowest BCUT2D eigenvalue weighted by Crippen LogP contribution is -2.53. The molecule has 2 aromatic carbocycles. The topological polar surface area (TPSA) is 92.2 Å². The molecule has 2 aromatic rings. The van der Waals surface area contributed by atoms with Crippen molar-refractivity contribution in [3.05, 3.63) is 64.1 Å². The Morgan fingerprint density at radius 3 is 2.74 bits per heavy atom. The minimum absolute atomic E-state index is 0.0948. The zero-order valence-electron chi connectivity index (χ0n) is 17.6. The van der Waals surface area contributed by atoms with Crippen LogP contribution in [0.3, 0.4) is 0 Å². The van der Waals surface area contributed by atoms with Crippen molar-refractivity contribution in [1.29, 1.82) is 0 Å². The van der Waals surface area contributed by atoms with Gasteiger partial charge in [-0.05, 0) is 42.3 Å². The Morgan fingerprint density at radius 1 is 1.26 bits per heavy atom. The molecule has 166 valence electrons. The Balaban J connectivity index is 1.82. The number of carbonyl (C=O) groups excluding carboxylic acids is 1. The first-order valence-electron chi connectivity index (χ1n) is 10.4. The predicted octanol–water partition coefficient (Wildman–Crippen LogP) is 3.00. The molecule has 0 bridgehead atoms. The zero-order chi connectivity index (χ0) is 22.1. The Hall–Kier alpha value is -2.42. The molecule has 0 saturated carbocycles. The van der Waals surface area contributed by atoms with Crippen molar-refractivity contribution < 1.29 is 19.4 Å². The van der Waals surface area contributed by atoms with Crippen molar-refractivity contribution in [2.45, 2.75) is 31.7 Å². The van der Waals surface area contributed by atoms with Gasteiger partial charge in [0, 0.05) is 36.0 Å². The van der Waals surface area contributed by atoms with E-state index in [9.17, 15) is 4.79 Å². The van der Waals surface area contributed by atoms with Gasteiger partial charge in [-0.15, -0.1) is 0 Å². The number of benzene rings is 2. The second-order valence-electron chi connectivity index (χ2n) is 7.34. The molecular weight excluding hydrogens is 462 g/mol. The summed E-state index contributed by atoms with van der Waals surface area (Å²) in [7, 11) is 0. The molecule has 8 heteroatoms. The molecule has 0 saturated heterocycles. The van der Waals surface area contributed by atoms with Gasteiger partial charge in [0.1, 0.15) is 12.4 Å². The third kappa shape index (κ3) is 6.06. The fourth-order valence-corrected chi connectivity index (χ4v) is 3.60. The van der Waals surface area contributed by atoms with Crippen LogP contribution in [0.15, 0.2) is 58.0 Å². The maximum Gasteiger partial charge on any atom is 0.266 e. The molecule has 0 unspecified atom stereocenters. The monoisotopic (exact) mass is 489 g/mol. The molecule has 1 amide bonds. The number of halogens is 1. The van der Waals surface area contributed by atoms with E-state index in [2.05, 4.69) is 26.8 Å². The van der Waals surface area contributed by atoms with Crippen LogP contribution in [0.2, 0.25) is 0 Å². The Bertz CT molecular complexity index is 904. The highest BCUT2D eigenvalue weighted by atomic mass is 79.9. The van der Waals surface area contributed by atoms with Crippen LogP contribution in [-0.4, -0.2) is 48.8 Å². The van der Waals surface area contributed by atoms with Crippen molar-refractivity contribution in [1.82, 2.24) is 10.9 Å². The SMILES string of the molecule is CCCNNC(=O)[C@]1(Cc2ccccc2Br)COC(c2ccc(OCCCO)cc2)=N1. The summed E-state index contributed by atoms with van der Waals surface area (Å²) in [6.45, 7) is 3.40. The van der Waals surface area contributed by atoms with Crippen LogP contribution < -0.4 is 15.6 Å². The lowest BCUT2D eigenvalue weighted by Gasteiger charge is -2.24. The maximum atomic E-state index is 13.1. The number of aliphatic hydroxyl groups is 1. The number of hydrogen-bond donors (Lipinski definition) is 3. The molecule has 31 heavy (non-hydrogen) atoms. The number of carbonyl (C=O) groups is 1. The number of hydrazine groups is 1. The van der Waals surface area contributed by atoms with Gasteiger partial charge in [0.25, 0.3) is 5.91 Å². The molecule has 3 rings (SSSR count). The standard InChI is InChI=1S/C23H28BrN3O4/c1-2-12-25-27-22(29)23(15-18-6-3-4-7-20(18)24)16-31-21(26-23)17-8-10-19(11-9-17)30-14-5-13-28/h3-4,6-11,25,28H,2,5,12-16H2,1H3,(H,27,29)/t23-/m0/s1. The second kappa shape index (κ2) is 11.3. The highest BCUT2D eigenvalue weighted by Gasteiger charge is 2.44. The van der Waals surface area contributed by atoms with Crippen LogP contribution in [0, 0.1) is 0 Å². The quantitative estimate of drug-likeness (QED) is 0.333. The van der Waals surface area contributed by atoms with E-state index >= 15 is 0 Å². The minimum Gasteiger partial charge on any atom is -0.494 e. The van der Waals surface area contributed by atoms with E-state index in [-0.39, 0.29) is 19.1 Å². The maximum absolute atomic E-state index is 13.1. The number of hydrogen-bond acceptors (Lipinski definition) is 6. The number of aliphatic hydroxyl groups excluding tert-OH is 1. The van der Waals surface area contributed by atoms with Crippen LogP contribution >= 0.6 is 15.9 Å². The summed E-state index contributed by atoms with van der Waals surface area (Å²) in [4.78, 5) is 17.9. The van der Waals surface area contributed by atoms with Gasteiger partial charge in [-0.3, -0.25) is 10.2 Å². The van der Waals surface area contributed by atoms with E-state index in [0.717, 1.165) is 22.0 Å². The van der Waals surface area contributed by atoms with Gasteiger partial charge in [-0.25, -0.2) is 10.4 Å². The van der Waals surface area contributed by atoms with Gasteiger partial charge in [-0.1, -0.05) is 41.1 Å². The van der Waals surface area contributed by atoms with E-state index in [1.54, 1.807) is 0 Å².